The first kappa shape index (κ1) is 28.8. The van der Waals surface area contributed by atoms with E-state index in [0.717, 1.165) is 16.0 Å². The number of non-ortho nitro benzene ring substituents is 1. The molecule has 0 aliphatic heterocycles. The van der Waals surface area contributed by atoms with Gasteiger partial charge in [-0.3, -0.25) is 24.5 Å². The van der Waals surface area contributed by atoms with Gasteiger partial charge in [0.2, 0.25) is 5.91 Å². The largest absolute Gasteiger partial charge is 0.325 e. The van der Waals surface area contributed by atoms with E-state index < -0.39 is 16.7 Å². The van der Waals surface area contributed by atoms with Crippen molar-refractivity contribution in [2.45, 2.75) is 11.8 Å². The molecule has 0 saturated heterocycles. The first-order chi connectivity index (χ1) is 19.8. The summed E-state index contributed by atoms with van der Waals surface area (Å²) < 4.78 is 0. The molecule has 206 valence electrons. The van der Waals surface area contributed by atoms with E-state index in [4.69, 9.17) is 0 Å². The van der Waals surface area contributed by atoms with E-state index in [1.54, 1.807) is 60.7 Å². The number of nitro benzene ring substituents is 1. The van der Waals surface area contributed by atoms with E-state index in [9.17, 15) is 24.5 Å². The molecule has 9 nitrogen and oxygen atoms in total. The molecule has 10 heteroatoms. The Balaban J connectivity index is 1.38. The number of nitrogens with one attached hydrogen (secondary N) is 3. The van der Waals surface area contributed by atoms with Crippen LogP contribution in [0.1, 0.15) is 21.5 Å². The molecular formula is C31H26N4O5S. The van der Waals surface area contributed by atoms with Crippen molar-refractivity contribution in [3.63, 3.8) is 0 Å². The third kappa shape index (κ3) is 8.38. The van der Waals surface area contributed by atoms with Gasteiger partial charge in [-0.2, -0.15) is 0 Å². The van der Waals surface area contributed by atoms with E-state index in [2.05, 4.69) is 16.0 Å². The van der Waals surface area contributed by atoms with Crippen LogP contribution >= 0.6 is 11.8 Å². The van der Waals surface area contributed by atoms with Crippen LogP contribution in [0.3, 0.4) is 0 Å². The molecule has 0 aromatic heterocycles. The van der Waals surface area contributed by atoms with Crippen LogP contribution < -0.4 is 16.0 Å². The van der Waals surface area contributed by atoms with Gasteiger partial charge in [0.15, 0.2) is 0 Å². The Labute approximate surface area is 240 Å². The Kier molecular flexibility index (Phi) is 9.63. The predicted octanol–water partition coefficient (Wildman–Crippen LogP) is 6.04. The average Bonchev–Trinajstić information content (AvgIpc) is 2.98. The molecule has 0 radical (unpaired) electrons. The van der Waals surface area contributed by atoms with Crippen LogP contribution in [-0.2, 0) is 9.59 Å². The van der Waals surface area contributed by atoms with Crippen molar-refractivity contribution in [3.8, 4) is 0 Å². The van der Waals surface area contributed by atoms with Gasteiger partial charge in [0.05, 0.1) is 10.7 Å². The Bertz CT molecular complexity index is 1590. The molecule has 0 heterocycles. The monoisotopic (exact) mass is 566 g/mol. The van der Waals surface area contributed by atoms with Gasteiger partial charge in [-0.1, -0.05) is 42.5 Å². The van der Waals surface area contributed by atoms with Gasteiger partial charge < -0.3 is 16.0 Å². The summed E-state index contributed by atoms with van der Waals surface area (Å²) in [6.07, 6.45) is 1.64. The second-order valence-electron chi connectivity index (χ2n) is 8.85. The number of thioether (sulfide) groups is 1. The van der Waals surface area contributed by atoms with Crippen molar-refractivity contribution >= 4 is 52.6 Å². The number of anilines is 2. The van der Waals surface area contributed by atoms with E-state index in [1.165, 1.54) is 36.0 Å². The fraction of sp³-hybridized carbons (Fsp3) is 0.0645. The second kappa shape index (κ2) is 13.7. The molecule has 0 unspecified atom stereocenters. The summed E-state index contributed by atoms with van der Waals surface area (Å²) in [5, 5.41) is 19.0. The number of amides is 3. The molecule has 0 spiro atoms. The minimum absolute atomic E-state index is 0.0547. The number of carbonyl (C=O) groups is 3. The smallest absolute Gasteiger partial charge is 0.272 e. The van der Waals surface area contributed by atoms with Crippen LogP contribution in [0.4, 0.5) is 17.1 Å². The van der Waals surface area contributed by atoms with Crippen molar-refractivity contribution in [1.82, 2.24) is 5.32 Å². The zero-order valence-corrected chi connectivity index (χ0v) is 22.8. The molecule has 0 aliphatic rings. The van der Waals surface area contributed by atoms with Crippen LogP contribution in [0.25, 0.3) is 6.08 Å². The number of nitrogens with zero attached hydrogens (tertiary/aromatic N) is 1. The zero-order chi connectivity index (χ0) is 29.2. The lowest BCUT2D eigenvalue weighted by Gasteiger charge is -2.12. The van der Waals surface area contributed by atoms with Crippen LogP contribution in [0.5, 0.6) is 0 Å². The van der Waals surface area contributed by atoms with Crippen molar-refractivity contribution in [1.29, 1.82) is 0 Å². The van der Waals surface area contributed by atoms with Gasteiger partial charge in [0.25, 0.3) is 17.5 Å². The Morgan fingerprint density at radius 3 is 2.07 bits per heavy atom. The minimum Gasteiger partial charge on any atom is -0.325 e. The first-order valence-electron chi connectivity index (χ1n) is 12.5. The lowest BCUT2D eigenvalue weighted by Crippen LogP contribution is -2.30. The number of nitro groups is 1. The summed E-state index contributed by atoms with van der Waals surface area (Å²) in [5.41, 5.74) is 3.19. The molecule has 0 fully saturated rings. The molecule has 4 aromatic carbocycles. The number of benzene rings is 4. The molecule has 3 amide bonds. The van der Waals surface area contributed by atoms with E-state index in [-0.39, 0.29) is 23.0 Å². The Hall–Kier alpha value is -5.22. The standard InChI is InChI=1S/C31H26N4O5S/c1-21-7-5-6-10-23(21)19-28(34-30(37)22-8-3-2-4-9-22)31(38)33-25-13-17-27(18-14-25)41-20-29(36)32-24-11-15-26(16-12-24)35(39)40/h2-19H,20H2,1H3,(H,32,36)(H,33,38)(H,34,37)/b28-19-. The maximum atomic E-state index is 13.2. The van der Waals surface area contributed by atoms with E-state index in [1.807, 2.05) is 31.2 Å². The summed E-state index contributed by atoms with van der Waals surface area (Å²) >= 11 is 1.30. The summed E-state index contributed by atoms with van der Waals surface area (Å²) in [5.74, 6) is -1.03. The Morgan fingerprint density at radius 1 is 0.805 bits per heavy atom. The summed E-state index contributed by atoms with van der Waals surface area (Å²) in [6.45, 7) is 1.92. The topological polar surface area (TPSA) is 130 Å². The zero-order valence-electron chi connectivity index (χ0n) is 22.0. The summed E-state index contributed by atoms with van der Waals surface area (Å²) in [4.78, 5) is 49.4. The van der Waals surface area contributed by atoms with Gasteiger partial charge in [0, 0.05) is 34.0 Å². The van der Waals surface area contributed by atoms with Gasteiger partial charge in [0.1, 0.15) is 5.70 Å². The van der Waals surface area contributed by atoms with Crippen LogP contribution in [0.15, 0.2) is 114 Å². The first-order valence-corrected chi connectivity index (χ1v) is 13.5. The molecule has 3 N–H and O–H groups in total. The van der Waals surface area contributed by atoms with Gasteiger partial charge in [-0.15, -0.1) is 11.8 Å². The SMILES string of the molecule is Cc1ccccc1/C=C(\NC(=O)c1ccccc1)C(=O)Nc1ccc(SCC(=O)Nc2ccc([N+](=O)[O-])cc2)cc1. The van der Waals surface area contributed by atoms with E-state index in [0.29, 0.717) is 16.9 Å². The van der Waals surface area contributed by atoms with Crippen molar-refractivity contribution < 1.29 is 19.3 Å². The van der Waals surface area contributed by atoms with Gasteiger partial charge in [-0.25, -0.2) is 0 Å². The second-order valence-corrected chi connectivity index (χ2v) is 9.90. The van der Waals surface area contributed by atoms with Crippen molar-refractivity contribution in [3.05, 3.63) is 136 Å². The molecule has 4 rings (SSSR count). The number of carbonyl (C=O) groups excluding carboxylic acids is 3. The van der Waals surface area contributed by atoms with Crippen molar-refractivity contribution in [2.24, 2.45) is 0 Å². The fourth-order valence-electron chi connectivity index (χ4n) is 3.69. The highest BCUT2D eigenvalue weighted by Crippen LogP contribution is 2.22. The fourth-order valence-corrected chi connectivity index (χ4v) is 4.39. The quantitative estimate of drug-likeness (QED) is 0.0928. The average molecular weight is 567 g/mol. The van der Waals surface area contributed by atoms with Crippen LogP contribution in [-0.4, -0.2) is 28.4 Å². The number of hydrogen-bond donors (Lipinski definition) is 3. The van der Waals surface area contributed by atoms with Crippen molar-refractivity contribution in [2.75, 3.05) is 16.4 Å². The van der Waals surface area contributed by atoms with E-state index >= 15 is 0 Å². The molecule has 0 bridgehead atoms. The van der Waals surface area contributed by atoms with Crippen LogP contribution in [0.2, 0.25) is 0 Å². The number of rotatable bonds is 10. The molecular weight excluding hydrogens is 540 g/mol. The van der Waals surface area contributed by atoms with Crippen LogP contribution in [0, 0.1) is 17.0 Å². The van der Waals surface area contributed by atoms with Gasteiger partial charge >= 0.3 is 0 Å². The lowest BCUT2D eigenvalue weighted by molar-refractivity contribution is -0.384. The minimum atomic E-state index is -0.504. The summed E-state index contributed by atoms with van der Waals surface area (Å²) in [6, 6.07) is 28.7. The maximum absolute atomic E-state index is 13.2. The maximum Gasteiger partial charge on any atom is 0.272 e. The molecule has 41 heavy (non-hydrogen) atoms. The predicted molar refractivity (Wildman–Crippen MR) is 161 cm³/mol. The Morgan fingerprint density at radius 2 is 1.41 bits per heavy atom. The summed E-state index contributed by atoms with van der Waals surface area (Å²) in [7, 11) is 0. The molecule has 4 aromatic rings. The van der Waals surface area contributed by atoms with Gasteiger partial charge in [-0.05, 0) is 72.7 Å². The third-order valence-electron chi connectivity index (χ3n) is 5.86. The third-order valence-corrected chi connectivity index (χ3v) is 6.87. The molecule has 0 atom stereocenters. The number of hydrogen-bond acceptors (Lipinski definition) is 6. The number of aryl methyl sites for hydroxylation is 1. The highest BCUT2D eigenvalue weighted by Gasteiger charge is 2.16. The lowest BCUT2D eigenvalue weighted by atomic mass is 10.1. The highest BCUT2D eigenvalue weighted by atomic mass is 32.2. The molecule has 0 aliphatic carbocycles. The molecule has 0 saturated carbocycles. The highest BCUT2D eigenvalue weighted by molar-refractivity contribution is 8.00. The normalized spacial score (nSPS) is 10.9.